The van der Waals surface area contributed by atoms with Gasteiger partial charge in [0.15, 0.2) is 6.10 Å². The highest BCUT2D eigenvalue weighted by molar-refractivity contribution is 5.79. The lowest BCUT2D eigenvalue weighted by molar-refractivity contribution is -0.152. The van der Waals surface area contributed by atoms with Crippen molar-refractivity contribution in [1.29, 1.82) is 0 Å². The lowest BCUT2D eigenvalue weighted by atomic mass is 10.3. The second-order valence-electron chi connectivity index (χ2n) is 4.37. The first kappa shape index (κ1) is 17.8. The van der Waals surface area contributed by atoms with E-state index in [1.54, 1.807) is 0 Å². The molecule has 2 rings (SSSR count). The van der Waals surface area contributed by atoms with E-state index in [1.807, 2.05) is 0 Å². The molecule has 0 spiro atoms. The molecule has 2 heterocycles. The summed E-state index contributed by atoms with van der Waals surface area (Å²) in [4.78, 5) is 19.4. The Bertz CT molecular complexity index is 227. The predicted molar refractivity (Wildman–Crippen MR) is 70.1 cm³/mol. The maximum atomic E-state index is 9.72. The van der Waals surface area contributed by atoms with Crippen molar-refractivity contribution >= 4 is 11.9 Å². The van der Waals surface area contributed by atoms with E-state index in [9.17, 15) is 9.59 Å². The quantitative estimate of drug-likeness (QED) is 0.478. The van der Waals surface area contributed by atoms with E-state index in [-0.39, 0.29) is 0 Å². The van der Waals surface area contributed by atoms with Crippen LogP contribution in [0.1, 0.15) is 32.1 Å². The second kappa shape index (κ2) is 11.9. The minimum atomic E-state index is -1.79. The van der Waals surface area contributed by atoms with Gasteiger partial charge >= 0.3 is 11.9 Å². The molecule has 2 aliphatic rings. The summed E-state index contributed by atoms with van der Waals surface area (Å²) in [6.07, 6.45) is 3.01. The van der Waals surface area contributed by atoms with Crippen LogP contribution in [0.2, 0.25) is 0 Å². The highest BCUT2D eigenvalue weighted by atomic mass is 16.4. The molecule has 7 heteroatoms. The Morgan fingerprint density at radius 2 is 1.26 bits per heavy atom. The van der Waals surface area contributed by atoms with Crippen LogP contribution in [0.3, 0.4) is 0 Å². The van der Waals surface area contributed by atoms with Gasteiger partial charge in [-0.3, -0.25) is 4.79 Å². The zero-order chi connectivity index (χ0) is 14.5. The first-order valence-corrected chi connectivity index (χ1v) is 6.58. The van der Waals surface area contributed by atoms with Gasteiger partial charge in [0, 0.05) is 0 Å². The molecule has 0 aliphatic carbocycles. The number of carboxylic acids is 2. The second-order valence-corrected chi connectivity index (χ2v) is 4.37. The third-order valence-electron chi connectivity index (χ3n) is 2.57. The summed E-state index contributed by atoms with van der Waals surface area (Å²) in [6.45, 7) is 5.00. The normalized spacial score (nSPS) is 18.6. The maximum Gasteiger partial charge on any atom is 0.333 e. The number of nitrogens with one attached hydrogen (secondary N) is 2. The largest absolute Gasteiger partial charge is 0.481 e. The molecule has 0 saturated carbocycles. The Morgan fingerprint density at radius 3 is 1.37 bits per heavy atom. The Morgan fingerprint density at radius 1 is 0.895 bits per heavy atom. The minimum absolute atomic E-state index is 0.755. The van der Waals surface area contributed by atoms with Crippen molar-refractivity contribution in [3.8, 4) is 0 Å². The topological polar surface area (TPSA) is 119 Å². The van der Waals surface area contributed by atoms with Gasteiger partial charge in [0.1, 0.15) is 0 Å². The van der Waals surface area contributed by atoms with Gasteiger partial charge in [-0.1, -0.05) is 0 Å². The number of aliphatic carboxylic acids is 2. The first-order chi connectivity index (χ1) is 9.04. The van der Waals surface area contributed by atoms with Gasteiger partial charge in [0.25, 0.3) is 0 Å². The molecule has 2 aliphatic heterocycles. The van der Waals surface area contributed by atoms with Crippen molar-refractivity contribution in [3.63, 3.8) is 0 Å². The fourth-order valence-corrected chi connectivity index (χ4v) is 1.50. The average molecular weight is 276 g/mol. The number of rotatable bonds is 3. The first-order valence-electron chi connectivity index (χ1n) is 6.58. The van der Waals surface area contributed by atoms with E-state index in [0.29, 0.717) is 0 Å². The molecule has 0 radical (unpaired) electrons. The monoisotopic (exact) mass is 276 g/mol. The van der Waals surface area contributed by atoms with Crippen LogP contribution in [0.25, 0.3) is 0 Å². The number of carbonyl (C=O) groups is 2. The summed E-state index contributed by atoms with van der Waals surface area (Å²) in [6, 6.07) is 0. The molecule has 0 aromatic heterocycles. The summed E-state index contributed by atoms with van der Waals surface area (Å²) < 4.78 is 0. The Kier molecular flexibility index (Phi) is 11.1. The van der Waals surface area contributed by atoms with E-state index in [0.717, 1.165) is 0 Å². The van der Waals surface area contributed by atoms with E-state index in [4.69, 9.17) is 15.3 Å². The van der Waals surface area contributed by atoms with Crippen LogP contribution in [0.15, 0.2) is 0 Å². The van der Waals surface area contributed by atoms with Crippen LogP contribution in [0.5, 0.6) is 0 Å². The summed E-state index contributed by atoms with van der Waals surface area (Å²) in [5.74, 6) is -2.85. The number of aliphatic hydroxyl groups excluding tert-OH is 1. The number of aliphatic hydroxyl groups is 1. The average Bonchev–Trinajstić information content (AvgIpc) is 3.07. The highest BCUT2D eigenvalue weighted by Gasteiger charge is 2.16. The zero-order valence-electron chi connectivity index (χ0n) is 11.1. The minimum Gasteiger partial charge on any atom is -0.481 e. The van der Waals surface area contributed by atoms with Gasteiger partial charge in [0.05, 0.1) is 6.42 Å². The van der Waals surface area contributed by atoms with Crippen LogP contribution < -0.4 is 10.6 Å². The molecule has 5 N–H and O–H groups in total. The van der Waals surface area contributed by atoms with Gasteiger partial charge in [-0.25, -0.2) is 4.79 Å². The molecule has 0 bridgehead atoms. The van der Waals surface area contributed by atoms with Crippen LogP contribution in [0, 0.1) is 0 Å². The van der Waals surface area contributed by atoms with Crippen molar-refractivity contribution in [2.24, 2.45) is 0 Å². The lowest BCUT2D eigenvalue weighted by Gasteiger charge is -1.97. The van der Waals surface area contributed by atoms with E-state index in [2.05, 4.69) is 10.6 Å². The molecule has 2 saturated heterocycles. The molecule has 7 nitrogen and oxygen atoms in total. The highest BCUT2D eigenvalue weighted by Crippen LogP contribution is 1.91. The maximum absolute atomic E-state index is 9.72. The van der Waals surface area contributed by atoms with E-state index < -0.39 is 24.5 Å². The number of carboxylic acid groups (broad SMARTS) is 2. The van der Waals surface area contributed by atoms with Gasteiger partial charge in [-0.15, -0.1) is 0 Å². The summed E-state index contributed by atoms with van der Waals surface area (Å²) in [5, 5.41) is 30.6. The van der Waals surface area contributed by atoms with Gasteiger partial charge < -0.3 is 26.0 Å². The van der Waals surface area contributed by atoms with Crippen LogP contribution >= 0.6 is 0 Å². The van der Waals surface area contributed by atoms with Crippen molar-refractivity contribution in [2.75, 3.05) is 26.2 Å². The Balaban J connectivity index is 0.000000273. The third-order valence-corrected chi connectivity index (χ3v) is 2.57. The SMILES string of the molecule is C1CCNC1.C1CCNC1.O=C(O)CC(O)C(=O)O. The lowest BCUT2D eigenvalue weighted by Crippen LogP contribution is -2.22. The van der Waals surface area contributed by atoms with Crippen molar-refractivity contribution in [2.45, 2.75) is 38.2 Å². The fourth-order valence-electron chi connectivity index (χ4n) is 1.50. The summed E-state index contributed by atoms with van der Waals surface area (Å²) >= 11 is 0. The molecule has 1 atom stereocenters. The van der Waals surface area contributed by atoms with Gasteiger partial charge in [-0.2, -0.15) is 0 Å². The van der Waals surface area contributed by atoms with Crippen LogP contribution in [-0.2, 0) is 9.59 Å². The predicted octanol–water partition coefficient (Wildman–Crippen LogP) is -0.354. The number of hydrogen-bond donors (Lipinski definition) is 5. The van der Waals surface area contributed by atoms with Gasteiger partial charge in [-0.05, 0) is 51.9 Å². The molecule has 19 heavy (non-hydrogen) atoms. The molecule has 0 aromatic rings. The van der Waals surface area contributed by atoms with Crippen LogP contribution in [-0.4, -0.2) is 59.5 Å². The Hall–Kier alpha value is -1.18. The van der Waals surface area contributed by atoms with Crippen molar-refractivity contribution in [1.82, 2.24) is 10.6 Å². The molecule has 2 fully saturated rings. The van der Waals surface area contributed by atoms with Crippen molar-refractivity contribution < 1.29 is 24.9 Å². The third kappa shape index (κ3) is 13.1. The molecule has 0 amide bonds. The molecule has 1 unspecified atom stereocenters. The molecular weight excluding hydrogens is 252 g/mol. The Labute approximate surface area is 113 Å². The van der Waals surface area contributed by atoms with E-state index in [1.165, 1.54) is 51.9 Å². The summed E-state index contributed by atoms with van der Waals surface area (Å²) in [5.41, 5.74) is 0. The fraction of sp³-hybridized carbons (Fsp3) is 0.833. The number of hydrogen-bond acceptors (Lipinski definition) is 5. The van der Waals surface area contributed by atoms with Crippen molar-refractivity contribution in [3.05, 3.63) is 0 Å². The standard InChI is InChI=1S/2C4H9N.C4H6O5/c2*1-2-4-5-3-1;5-2(4(8)9)1-3(6)7/h2*5H,1-4H2;2,5H,1H2,(H,6,7)(H,8,9). The van der Waals surface area contributed by atoms with E-state index >= 15 is 0 Å². The smallest absolute Gasteiger partial charge is 0.333 e. The molecule has 112 valence electrons. The molecular formula is C12H24N2O5. The van der Waals surface area contributed by atoms with Gasteiger partial charge in [0.2, 0.25) is 0 Å². The van der Waals surface area contributed by atoms with Crippen LogP contribution in [0.4, 0.5) is 0 Å². The summed E-state index contributed by atoms with van der Waals surface area (Å²) in [7, 11) is 0. The molecule has 0 aromatic carbocycles. The zero-order valence-corrected chi connectivity index (χ0v) is 11.1.